The van der Waals surface area contributed by atoms with Crippen LogP contribution in [0.25, 0.3) is 21.9 Å². The molecular weight excluding hydrogens is 388 g/mol. The maximum Gasteiger partial charge on any atom is 0.159 e. The van der Waals surface area contributed by atoms with Crippen LogP contribution in [0.15, 0.2) is 30.7 Å². The number of carbonyl (C=O) groups excluding carboxylic acids is 1. The van der Waals surface area contributed by atoms with Crippen molar-refractivity contribution in [3.63, 3.8) is 0 Å². The van der Waals surface area contributed by atoms with E-state index in [0.717, 1.165) is 61.9 Å². The molecule has 2 aliphatic rings. The molecule has 4 atom stereocenters. The second-order valence-electron chi connectivity index (χ2n) is 9.27. The topological polar surface area (TPSA) is 71.1 Å². The lowest BCUT2D eigenvalue weighted by atomic mass is 9.72. The smallest absolute Gasteiger partial charge is 0.159 e. The Balaban J connectivity index is 1.49. The van der Waals surface area contributed by atoms with E-state index in [2.05, 4.69) is 32.0 Å². The van der Waals surface area contributed by atoms with Crippen LogP contribution in [0.4, 0.5) is 0 Å². The first-order valence-electron chi connectivity index (χ1n) is 11.7. The molecule has 5 rings (SSSR count). The highest BCUT2D eigenvalue weighted by molar-refractivity contribution is 6.05. The lowest BCUT2D eigenvalue weighted by molar-refractivity contribution is -0.126. The van der Waals surface area contributed by atoms with Crippen molar-refractivity contribution in [1.82, 2.24) is 19.9 Å². The Morgan fingerprint density at radius 1 is 1.26 bits per heavy atom. The maximum atomic E-state index is 12.9. The van der Waals surface area contributed by atoms with E-state index in [0.29, 0.717) is 30.1 Å². The molecule has 31 heavy (non-hydrogen) atoms. The predicted octanol–water partition coefficient (Wildman–Crippen LogP) is 4.31. The number of ether oxygens (including phenoxy) is 1. The fourth-order valence-corrected chi connectivity index (χ4v) is 6.03. The summed E-state index contributed by atoms with van der Waals surface area (Å²) in [5.74, 6) is 1.60. The van der Waals surface area contributed by atoms with Gasteiger partial charge in [0.25, 0.3) is 0 Å². The number of nitrogens with one attached hydrogen (secondary N) is 1. The Bertz CT molecular complexity index is 1080. The van der Waals surface area contributed by atoms with E-state index < -0.39 is 0 Å². The van der Waals surface area contributed by atoms with Gasteiger partial charge in [0, 0.05) is 55.2 Å². The van der Waals surface area contributed by atoms with Crippen LogP contribution >= 0.6 is 0 Å². The molecule has 0 radical (unpaired) electrons. The van der Waals surface area contributed by atoms with Crippen molar-refractivity contribution in [2.45, 2.75) is 51.0 Å². The van der Waals surface area contributed by atoms with Crippen LogP contribution in [0, 0.1) is 11.8 Å². The van der Waals surface area contributed by atoms with Crippen LogP contribution in [0.3, 0.4) is 0 Å². The third-order valence-corrected chi connectivity index (χ3v) is 7.53. The molecule has 3 aromatic heterocycles. The largest absolute Gasteiger partial charge is 0.384 e. The second-order valence-corrected chi connectivity index (χ2v) is 9.27. The van der Waals surface area contributed by atoms with Gasteiger partial charge in [0.05, 0.1) is 18.3 Å². The average molecular weight is 421 g/mol. The van der Waals surface area contributed by atoms with Crippen LogP contribution in [-0.4, -0.2) is 58.5 Å². The number of hydrogen-bond acceptors (Lipinski definition) is 5. The highest BCUT2D eigenvalue weighted by atomic mass is 16.5. The Kier molecular flexibility index (Phi) is 5.76. The summed E-state index contributed by atoms with van der Waals surface area (Å²) in [5, 5.41) is 2.36. The first-order valence-corrected chi connectivity index (χ1v) is 11.7. The van der Waals surface area contributed by atoms with Crippen LogP contribution in [0.2, 0.25) is 0 Å². The van der Waals surface area contributed by atoms with Gasteiger partial charge in [-0.05, 0) is 61.8 Å². The highest BCUT2D eigenvalue weighted by Crippen LogP contribution is 2.43. The van der Waals surface area contributed by atoms with Gasteiger partial charge in [0.2, 0.25) is 0 Å². The van der Waals surface area contributed by atoms with Crippen molar-refractivity contribution >= 4 is 27.7 Å². The summed E-state index contributed by atoms with van der Waals surface area (Å²) in [7, 11) is 1.79. The van der Waals surface area contributed by atoms with Gasteiger partial charge in [-0.1, -0.05) is 6.92 Å². The van der Waals surface area contributed by atoms with E-state index in [1.165, 1.54) is 10.9 Å². The normalized spacial score (nSPS) is 27.3. The number of ketones is 1. The summed E-state index contributed by atoms with van der Waals surface area (Å²) < 4.78 is 5.42. The summed E-state index contributed by atoms with van der Waals surface area (Å²) in [6.45, 7) is 4.94. The zero-order chi connectivity index (χ0) is 21.4. The van der Waals surface area contributed by atoms with E-state index in [-0.39, 0.29) is 5.92 Å². The number of aromatic nitrogens is 3. The molecule has 6 nitrogen and oxygen atoms in total. The van der Waals surface area contributed by atoms with Crippen molar-refractivity contribution in [3.8, 4) is 0 Å². The minimum absolute atomic E-state index is 0.159. The lowest BCUT2D eigenvalue weighted by Gasteiger charge is -2.41. The summed E-state index contributed by atoms with van der Waals surface area (Å²) in [4.78, 5) is 27.7. The predicted molar refractivity (Wildman–Crippen MR) is 122 cm³/mol. The fourth-order valence-electron chi connectivity index (χ4n) is 6.03. The second kappa shape index (κ2) is 8.67. The SMILES string of the molecule is CCC(=O)C1CCC(c2cc[nH]c3cnc4nccc4c23)CC1N1CCC(COC)C1. The number of carbonyl (C=O) groups is 1. The number of rotatable bonds is 6. The van der Waals surface area contributed by atoms with Crippen molar-refractivity contribution in [3.05, 3.63) is 36.3 Å². The number of methoxy groups -OCH3 is 1. The first kappa shape index (κ1) is 20.6. The van der Waals surface area contributed by atoms with Crippen LogP contribution in [-0.2, 0) is 9.53 Å². The molecule has 0 bridgehead atoms. The molecule has 1 saturated carbocycles. The van der Waals surface area contributed by atoms with Crippen molar-refractivity contribution in [2.75, 3.05) is 26.8 Å². The van der Waals surface area contributed by atoms with Gasteiger partial charge in [-0.2, -0.15) is 0 Å². The van der Waals surface area contributed by atoms with E-state index >= 15 is 0 Å². The molecule has 2 fully saturated rings. The molecule has 1 aliphatic heterocycles. The number of Topliss-reactive ketones (excluding diaryl/α,β-unsaturated/α-hetero) is 1. The zero-order valence-electron chi connectivity index (χ0n) is 18.5. The molecule has 0 aromatic carbocycles. The molecule has 6 heteroatoms. The minimum Gasteiger partial charge on any atom is -0.384 e. The number of H-pyrrole nitrogens is 1. The lowest BCUT2D eigenvalue weighted by Crippen LogP contribution is -2.46. The monoisotopic (exact) mass is 420 g/mol. The Labute approximate surface area is 183 Å². The molecule has 4 heterocycles. The van der Waals surface area contributed by atoms with Crippen molar-refractivity contribution in [1.29, 1.82) is 0 Å². The zero-order valence-corrected chi connectivity index (χ0v) is 18.5. The molecule has 1 saturated heterocycles. The van der Waals surface area contributed by atoms with Crippen LogP contribution in [0.1, 0.15) is 50.5 Å². The molecule has 164 valence electrons. The Morgan fingerprint density at radius 3 is 3.00 bits per heavy atom. The van der Waals surface area contributed by atoms with Gasteiger partial charge in [-0.15, -0.1) is 0 Å². The Morgan fingerprint density at radius 2 is 2.16 bits per heavy atom. The number of aromatic amines is 1. The van der Waals surface area contributed by atoms with Gasteiger partial charge in [-0.25, -0.2) is 9.97 Å². The van der Waals surface area contributed by atoms with Crippen LogP contribution in [0.5, 0.6) is 0 Å². The number of likely N-dealkylation sites (tertiary alicyclic amines) is 1. The molecule has 1 N–H and O–H groups in total. The van der Waals surface area contributed by atoms with Gasteiger partial charge < -0.3 is 9.72 Å². The third-order valence-electron chi connectivity index (χ3n) is 7.53. The fraction of sp³-hybridized carbons (Fsp3) is 0.560. The summed E-state index contributed by atoms with van der Waals surface area (Å²) in [5.41, 5.74) is 3.23. The van der Waals surface area contributed by atoms with Gasteiger partial charge in [-0.3, -0.25) is 9.69 Å². The van der Waals surface area contributed by atoms with E-state index in [9.17, 15) is 4.79 Å². The molecule has 4 unspecified atom stereocenters. The highest BCUT2D eigenvalue weighted by Gasteiger charge is 2.40. The van der Waals surface area contributed by atoms with Crippen LogP contribution < -0.4 is 0 Å². The van der Waals surface area contributed by atoms with Gasteiger partial charge in [0.1, 0.15) is 5.78 Å². The number of pyridine rings is 2. The Hall–Kier alpha value is -2.31. The van der Waals surface area contributed by atoms with Gasteiger partial charge in [0.15, 0.2) is 5.65 Å². The standard InChI is InChI=1S/C25H32N4O2/c1-3-23(30)19-5-4-17(12-22(19)29-11-8-16(14-29)15-31-2)18-6-9-26-21-13-28-25-20(24(18)21)7-10-27-25/h6-7,9-10,13,16-17,19,22,26H,3-5,8,11-12,14-15H2,1-2H3. The summed E-state index contributed by atoms with van der Waals surface area (Å²) in [6.07, 6.45) is 10.6. The summed E-state index contributed by atoms with van der Waals surface area (Å²) >= 11 is 0. The maximum absolute atomic E-state index is 12.9. The quantitative estimate of drug-likeness (QED) is 0.643. The van der Waals surface area contributed by atoms with Crippen molar-refractivity contribution in [2.24, 2.45) is 11.8 Å². The molecular formula is C25H32N4O2. The molecule has 3 aromatic rings. The molecule has 0 amide bonds. The molecule has 1 aliphatic carbocycles. The van der Waals surface area contributed by atoms with Crippen molar-refractivity contribution < 1.29 is 9.53 Å². The minimum atomic E-state index is 0.159. The summed E-state index contributed by atoms with van der Waals surface area (Å²) in [6, 6.07) is 4.62. The first-order chi connectivity index (χ1) is 15.2. The van der Waals surface area contributed by atoms with E-state index in [1.807, 2.05) is 25.5 Å². The average Bonchev–Trinajstić information content (AvgIpc) is 3.47. The van der Waals surface area contributed by atoms with E-state index in [4.69, 9.17) is 4.74 Å². The van der Waals surface area contributed by atoms with E-state index in [1.54, 1.807) is 7.11 Å². The third kappa shape index (κ3) is 3.76. The number of hydrogen-bond donors (Lipinski definition) is 1. The number of nitrogens with zero attached hydrogens (tertiary/aromatic N) is 3. The number of fused-ring (bicyclic) bond motifs is 3. The van der Waals surface area contributed by atoms with Gasteiger partial charge >= 0.3 is 0 Å². The molecule has 0 spiro atoms.